The van der Waals surface area contributed by atoms with E-state index in [-0.39, 0.29) is 42.4 Å². The Labute approximate surface area is 266 Å². The number of hydrogen-bond donors (Lipinski definition) is 2. The number of hydrogen-bond acceptors (Lipinski definition) is 7. The molecule has 0 unspecified atom stereocenters. The fourth-order valence-corrected chi connectivity index (χ4v) is 7.25. The van der Waals surface area contributed by atoms with Gasteiger partial charge in [0.15, 0.2) is 0 Å². The molecule has 5 aromatic rings. The van der Waals surface area contributed by atoms with Crippen LogP contribution >= 0.6 is 11.3 Å². The molecule has 0 saturated heterocycles. The van der Waals surface area contributed by atoms with Crippen LogP contribution in [0.2, 0.25) is 0 Å². The van der Waals surface area contributed by atoms with E-state index >= 15 is 4.39 Å². The van der Waals surface area contributed by atoms with Crippen molar-refractivity contribution in [2.75, 3.05) is 19.8 Å². The number of halogens is 2. The zero-order chi connectivity index (χ0) is 32.1. The van der Waals surface area contributed by atoms with Gasteiger partial charge in [0.2, 0.25) is 11.8 Å². The first kappa shape index (κ1) is 29.8. The van der Waals surface area contributed by atoms with Crippen molar-refractivity contribution in [1.29, 1.82) is 0 Å². The van der Waals surface area contributed by atoms with Gasteiger partial charge in [0.25, 0.3) is 0 Å². The van der Waals surface area contributed by atoms with Gasteiger partial charge in [0, 0.05) is 46.4 Å². The van der Waals surface area contributed by atoms with Gasteiger partial charge in [-0.05, 0) is 47.7 Å². The molecule has 9 nitrogen and oxygen atoms in total. The molecule has 0 radical (unpaired) electrons. The highest BCUT2D eigenvalue weighted by molar-refractivity contribution is 7.18. The van der Waals surface area contributed by atoms with E-state index in [1.54, 1.807) is 4.90 Å². The fraction of sp³-hybridized carbons (Fsp3) is 0.235. The Morgan fingerprint density at radius 2 is 2.00 bits per heavy atom. The molecule has 0 spiro atoms. The lowest BCUT2D eigenvalue weighted by atomic mass is 9.93. The molecule has 7 rings (SSSR count). The van der Waals surface area contributed by atoms with Crippen molar-refractivity contribution < 1.29 is 28.2 Å². The summed E-state index contributed by atoms with van der Waals surface area (Å²) >= 11 is 1.38. The van der Waals surface area contributed by atoms with Crippen LogP contribution in [-0.2, 0) is 29.1 Å². The van der Waals surface area contributed by atoms with Crippen molar-refractivity contribution in [3.8, 4) is 39.5 Å². The van der Waals surface area contributed by atoms with E-state index in [0.717, 1.165) is 39.9 Å². The summed E-state index contributed by atoms with van der Waals surface area (Å²) in [5.41, 5.74) is 5.33. The van der Waals surface area contributed by atoms with E-state index in [0.29, 0.717) is 53.4 Å². The number of fused-ring (bicyclic) bond motifs is 3. The summed E-state index contributed by atoms with van der Waals surface area (Å²) in [7, 11) is 0. The monoisotopic (exact) mass is 641 g/mol. The van der Waals surface area contributed by atoms with Gasteiger partial charge in [-0.2, -0.15) is 5.10 Å². The lowest BCUT2D eigenvalue weighted by Gasteiger charge is -2.33. The number of nitrogens with one attached hydrogen (secondary N) is 1. The highest BCUT2D eigenvalue weighted by Gasteiger charge is 2.31. The quantitative estimate of drug-likeness (QED) is 0.230. The Morgan fingerprint density at radius 1 is 1.15 bits per heavy atom. The number of aliphatic hydroxyl groups is 1. The number of aliphatic hydroxyl groups excluding tert-OH is 1. The number of carbonyl (C=O) groups is 2. The van der Waals surface area contributed by atoms with Gasteiger partial charge >= 0.3 is 0 Å². The van der Waals surface area contributed by atoms with E-state index in [1.807, 2.05) is 47.3 Å². The minimum absolute atomic E-state index is 0.00647. The van der Waals surface area contributed by atoms with Crippen molar-refractivity contribution in [1.82, 2.24) is 25.0 Å². The van der Waals surface area contributed by atoms with Crippen LogP contribution in [0.1, 0.15) is 29.8 Å². The number of pyridine rings is 1. The highest BCUT2D eigenvalue weighted by atomic mass is 32.1. The van der Waals surface area contributed by atoms with Gasteiger partial charge in [0.1, 0.15) is 35.4 Å². The first-order valence-electron chi connectivity index (χ1n) is 14.8. The Bertz CT molecular complexity index is 2060. The van der Waals surface area contributed by atoms with Crippen LogP contribution in [0.25, 0.3) is 43.9 Å². The minimum Gasteiger partial charge on any atom is -0.490 e. The summed E-state index contributed by atoms with van der Waals surface area (Å²) in [4.78, 5) is 31.4. The van der Waals surface area contributed by atoms with Crippen LogP contribution in [0.4, 0.5) is 8.78 Å². The molecular weight excluding hydrogens is 612 g/mol. The number of benzene rings is 2. The number of rotatable bonds is 7. The maximum absolute atomic E-state index is 15.9. The van der Waals surface area contributed by atoms with Crippen molar-refractivity contribution in [2.45, 2.75) is 32.5 Å². The number of amides is 2. The molecule has 2 aliphatic rings. The van der Waals surface area contributed by atoms with Gasteiger partial charge < -0.3 is 20.1 Å². The Kier molecular flexibility index (Phi) is 7.61. The summed E-state index contributed by atoms with van der Waals surface area (Å²) < 4.78 is 38.7. The van der Waals surface area contributed by atoms with Crippen LogP contribution in [0.3, 0.4) is 0 Å². The Balaban J connectivity index is 1.49. The number of nitrogens with zero attached hydrogens (tertiary/aromatic N) is 4. The second-order valence-corrected chi connectivity index (χ2v) is 12.1. The number of aromatic nitrogens is 3. The number of carbonyl (C=O) groups excluding carboxylic acids is 2. The number of ether oxygens (including phenoxy) is 1. The normalized spacial score (nSPS) is 15.8. The minimum atomic E-state index is -0.844. The Morgan fingerprint density at radius 3 is 2.80 bits per heavy atom. The van der Waals surface area contributed by atoms with Crippen molar-refractivity contribution in [2.24, 2.45) is 0 Å². The predicted octanol–water partition coefficient (Wildman–Crippen LogP) is 5.40. The third kappa shape index (κ3) is 5.03. The Hall–Kier alpha value is -4.94. The van der Waals surface area contributed by atoms with Crippen LogP contribution in [0.5, 0.6) is 5.75 Å². The molecule has 1 atom stereocenters. The summed E-state index contributed by atoms with van der Waals surface area (Å²) in [6.45, 7) is 6.30. The molecule has 2 N–H and O–H groups in total. The second-order valence-electron chi connectivity index (χ2n) is 11.2. The zero-order valence-corrected chi connectivity index (χ0v) is 25.7. The smallest absolute Gasteiger partial charge is 0.246 e. The van der Waals surface area contributed by atoms with Crippen molar-refractivity contribution in [3.05, 3.63) is 89.0 Å². The molecule has 0 fully saturated rings. The molecule has 0 aliphatic carbocycles. The highest BCUT2D eigenvalue weighted by Crippen LogP contribution is 2.47. The maximum atomic E-state index is 15.9. The van der Waals surface area contributed by atoms with Gasteiger partial charge in [-0.25, -0.2) is 13.8 Å². The van der Waals surface area contributed by atoms with Crippen molar-refractivity contribution >= 4 is 33.2 Å². The molecule has 46 heavy (non-hydrogen) atoms. The SMILES string of the molecule is C=CC(=O)N1CCn2nc(-c3nc(-c4ccc5c(c4)CNC(=O)C5)c4ccsc4c3-c3c(F)cc(F)cc3OCCO)cc2[C@H]1C. The molecule has 2 aliphatic heterocycles. The molecule has 0 saturated carbocycles. The average molecular weight is 642 g/mol. The topological polar surface area (TPSA) is 110 Å². The molecule has 234 valence electrons. The fourth-order valence-electron chi connectivity index (χ4n) is 6.30. The molecule has 5 heterocycles. The van der Waals surface area contributed by atoms with Crippen LogP contribution in [0, 0.1) is 11.6 Å². The summed E-state index contributed by atoms with van der Waals surface area (Å²) in [5.74, 6) is -1.95. The molecule has 2 amide bonds. The lowest BCUT2D eigenvalue weighted by Crippen LogP contribution is -2.40. The summed E-state index contributed by atoms with van der Waals surface area (Å²) in [5, 5.41) is 19.9. The van der Waals surface area contributed by atoms with E-state index in [1.165, 1.54) is 17.4 Å². The largest absolute Gasteiger partial charge is 0.490 e. The first-order valence-corrected chi connectivity index (χ1v) is 15.7. The van der Waals surface area contributed by atoms with Crippen LogP contribution < -0.4 is 10.1 Å². The summed E-state index contributed by atoms with van der Waals surface area (Å²) in [6.07, 6.45) is 1.58. The van der Waals surface area contributed by atoms with E-state index in [2.05, 4.69) is 11.9 Å². The third-order valence-corrected chi connectivity index (χ3v) is 9.42. The van der Waals surface area contributed by atoms with Crippen molar-refractivity contribution in [3.63, 3.8) is 0 Å². The lowest BCUT2D eigenvalue weighted by molar-refractivity contribution is -0.129. The van der Waals surface area contributed by atoms with Gasteiger partial charge in [0.05, 0.1) is 42.6 Å². The second kappa shape index (κ2) is 11.8. The van der Waals surface area contributed by atoms with Gasteiger partial charge in [-0.3, -0.25) is 14.3 Å². The van der Waals surface area contributed by atoms with Gasteiger partial charge in [-0.1, -0.05) is 18.7 Å². The number of thiophene rings is 1. The molecule has 0 bridgehead atoms. The zero-order valence-electron chi connectivity index (χ0n) is 24.8. The molecule has 12 heteroatoms. The van der Waals surface area contributed by atoms with E-state index in [4.69, 9.17) is 14.8 Å². The van der Waals surface area contributed by atoms with Gasteiger partial charge in [-0.15, -0.1) is 11.3 Å². The molecule has 3 aromatic heterocycles. The predicted molar refractivity (Wildman–Crippen MR) is 170 cm³/mol. The van der Waals surface area contributed by atoms with E-state index in [9.17, 15) is 19.1 Å². The first-order chi connectivity index (χ1) is 22.3. The maximum Gasteiger partial charge on any atom is 0.246 e. The van der Waals surface area contributed by atoms with E-state index < -0.39 is 11.6 Å². The molecule has 2 aromatic carbocycles. The third-order valence-electron chi connectivity index (χ3n) is 8.49. The average Bonchev–Trinajstić information content (AvgIpc) is 3.71. The van der Waals surface area contributed by atoms with Crippen LogP contribution in [0.15, 0.2) is 60.5 Å². The van der Waals surface area contributed by atoms with Crippen LogP contribution in [-0.4, -0.2) is 56.3 Å². The summed E-state index contributed by atoms with van der Waals surface area (Å²) in [6, 6.07) is 11.2. The standard InChI is InChI=1S/C34H29F2N5O4S/c1-3-29(44)40-7-8-41-26(18(40)2)16-25(39-41)33-31(30-24(36)14-22(35)15-27(30)45-10-9-42)34-23(6-11-46-34)32(38-33)20-5-4-19-13-28(43)37-17-21(19)12-20/h3-6,11-12,14-16,18,42H,1,7-10,13,17H2,2H3,(H,37,43)/t18-/m1/s1. The molecular formula is C34H29F2N5O4S.